The van der Waals surface area contributed by atoms with Gasteiger partial charge in [0.2, 0.25) is 0 Å². The highest BCUT2D eigenvalue weighted by Crippen LogP contribution is 2.23. The van der Waals surface area contributed by atoms with Gasteiger partial charge in [-0.15, -0.1) is 36.2 Å². The van der Waals surface area contributed by atoms with E-state index in [2.05, 4.69) is 10.3 Å². The van der Waals surface area contributed by atoms with Gasteiger partial charge in [-0.25, -0.2) is 9.37 Å². The zero-order chi connectivity index (χ0) is 16.2. The third kappa shape index (κ3) is 5.64. The molecule has 0 aliphatic carbocycles. The van der Waals surface area contributed by atoms with Crippen molar-refractivity contribution in [2.24, 2.45) is 0 Å². The van der Waals surface area contributed by atoms with Gasteiger partial charge in [0.25, 0.3) is 5.91 Å². The van der Waals surface area contributed by atoms with Crippen molar-refractivity contribution in [2.75, 3.05) is 26.2 Å². The maximum Gasteiger partial charge on any atom is 0.265 e. The molecule has 0 bridgehead atoms. The van der Waals surface area contributed by atoms with Crippen LogP contribution in [0.2, 0.25) is 0 Å². The van der Waals surface area contributed by atoms with Crippen LogP contribution in [0.1, 0.15) is 32.4 Å². The van der Waals surface area contributed by atoms with Gasteiger partial charge in [0, 0.05) is 26.1 Å². The first-order valence-corrected chi connectivity index (χ1v) is 8.66. The molecule has 0 spiro atoms. The molecule has 1 N–H and O–H groups in total. The Labute approximate surface area is 163 Å². The van der Waals surface area contributed by atoms with E-state index in [4.69, 9.17) is 0 Å². The number of aromatic nitrogens is 1. The Bertz CT molecular complexity index is 686. The van der Waals surface area contributed by atoms with Gasteiger partial charge in [0.15, 0.2) is 0 Å². The highest BCUT2D eigenvalue weighted by atomic mass is 35.5. The van der Waals surface area contributed by atoms with Crippen LogP contribution in [0.4, 0.5) is 4.39 Å². The van der Waals surface area contributed by atoms with E-state index in [-0.39, 0.29) is 36.5 Å². The Morgan fingerprint density at radius 2 is 1.96 bits per heavy atom. The molecule has 138 valence electrons. The van der Waals surface area contributed by atoms with Crippen molar-refractivity contribution < 1.29 is 9.18 Å². The lowest BCUT2D eigenvalue weighted by Crippen LogP contribution is -2.34. The molecule has 2 aromatic rings. The molecule has 0 atom stereocenters. The van der Waals surface area contributed by atoms with Crippen molar-refractivity contribution in [3.05, 3.63) is 51.2 Å². The number of nitrogens with one attached hydrogen (secondary N) is 1. The largest absolute Gasteiger partial charge is 0.337 e. The van der Waals surface area contributed by atoms with Gasteiger partial charge in [-0.2, -0.15) is 0 Å². The minimum Gasteiger partial charge on any atom is -0.337 e. The molecule has 1 aliphatic heterocycles. The van der Waals surface area contributed by atoms with Crippen molar-refractivity contribution >= 4 is 42.1 Å². The second-order valence-corrected chi connectivity index (χ2v) is 6.80. The average Bonchev–Trinajstić information content (AvgIpc) is 2.76. The van der Waals surface area contributed by atoms with Gasteiger partial charge in [-0.05, 0) is 37.6 Å². The summed E-state index contributed by atoms with van der Waals surface area (Å²) in [5.74, 6) is -0.163. The maximum atomic E-state index is 13.0. The Kier molecular flexibility index (Phi) is 8.79. The molecule has 1 aliphatic rings. The molecule has 1 aromatic heterocycles. The molecule has 25 heavy (non-hydrogen) atoms. The number of thiazole rings is 1. The lowest BCUT2D eigenvalue weighted by atomic mass is 10.1. The molecule has 1 amide bonds. The summed E-state index contributed by atoms with van der Waals surface area (Å²) < 4.78 is 13.0. The molecule has 1 aromatic carbocycles. The van der Waals surface area contributed by atoms with E-state index >= 15 is 0 Å². The van der Waals surface area contributed by atoms with Crippen LogP contribution in [0.15, 0.2) is 24.3 Å². The second kappa shape index (κ2) is 10.1. The van der Waals surface area contributed by atoms with E-state index < -0.39 is 0 Å². The molecule has 2 heterocycles. The third-order valence-electron chi connectivity index (χ3n) is 3.93. The van der Waals surface area contributed by atoms with Crippen molar-refractivity contribution in [3.8, 4) is 0 Å². The molecule has 0 saturated carbocycles. The van der Waals surface area contributed by atoms with E-state index in [1.807, 2.05) is 11.8 Å². The number of nitrogens with zero attached hydrogens (tertiary/aromatic N) is 2. The van der Waals surface area contributed by atoms with E-state index in [9.17, 15) is 9.18 Å². The van der Waals surface area contributed by atoms with Gasteiger partial charge in [0.05, 0.1) is 10.7 Å². The Hall–Kier alpha value is -1.21. The van der Waals surface area contributed by atoms with Crippen molar-refractivity contribution in [1.82, 2.24) is 15.2 Å². The smallest absolute Gasteiger partial charge is 0.265 e. The fraction of sp³-hybridized carbons (Fsp3) is 0.412. The van der Waals surface area contributed by atoms with Gasteiger partial charge >= 0.3 is 0 Å². The van der Waals surface area contributed by atoms with Crippen LogP contribution in [0.25, 0.3) is 0 Å². The molecule has 1 fully saturated rings. The van der Waals surface area contributed by atoms with Crippen LogP contribution < -0.4 is 5.32 Å². The van der Waals surface area contributed by atoms with Gasteiger partial charge < -0.3 is 10.2 Å². The fourth-order valence-electron chi connectivity index (χ4n) is 2.70. The quantitative estimate of drug-likeness (QED) is 0.849. The molecule has 0 radical (unpaired) electrons. The summed E-state index contributed by atoms with van der Waals surface area (Å²) in [7, 11) is 0. The second-order valence-electron chi connectivity index (χ2n) is 5.72. The van der Waals surface area contributed by atoms with Crippen LogP contribution in [-0.4, -0.2) is 42.0 Å². The van der Waals surface area contributed by atoms with Crippen LogP contribution in [0.3, 0.4) is 0 Å². The summed E-state index contributed by atoms with van der Waals surface area (Å²) in [5.41, 5.74) is 1.78. The SMILES string of the molecule is Cc1nc(Cc2ccc(F)cc2)sc1C(=O)N1CCCNCC1.Cl.Cl. The Morgan fingerprint density at radius 3 is 2.68 bits per heavy atom. The Morgan fingerprint density at radius 1 is 1.24 bits per heavy atom. The average molecular weight is 406 g/mol. The molecule has 0 unspecified atom stereocenters. The molecule has 4 nitrogen and oxygen atoms in total. The summed E-state index contributed by atoms with van der Waals surface area (Å²) in [4.78, 5) is 19.9. The van der Waals surface area contributed by atoms with E-state index in [0.29, 0.717) is 6.42 Å². The number of hydrogen-bond acceptors (Lipinski definition) is 4. The number of rotatable bonds is 3. The van der Waals surface area contributed by atoms with Crippen molar-refractivity contribution in [3.63, 3.8) is 0 Å². The van der Waals surface area contributed by atoms with E-state index in [0.717, 1.165) is 53.7 Å². The van der Waals surface area contributed by atoms with Crippen LogP contribution in [0.5, 0.6) is 0 Å². The zero-order valence-electron chi connectivity index (χ0n) is 14.0. The number of hydrogen-bond donors (Lipinski definition) is 1. The first-order valence-electron chi connectivity index (χ1n) is 7.84. The zero-order valence-corrected chi connectivity index (χ0v) is 16.4. The standard InChI is InChI=1S/C17H20FN3OS.2ClH/c1-12-16(17(22)21-9-2-7-19-8-10-21)23-15(20-12)11-13-3-5-14(18)6-4-13;;/h3-6,19H,2,7-11H2,1H3;2*1H. The third-order valence-corrected chi connectivity index (χ3v) is 5.08. The van der Waals surface area contributed by atoms with Crippen LogP contribution in [0, 0.1) is 12.7 Å². The normalized spacial score (nSPS) is 14.2. The molecule has 3 rings (SSSR count). The van der Waals surface area contributed by atoms with Crippen LogP contribution >= 0.6 is 36.2 Å². The van der Waals surface area contributed by atoms with Crippen molar-refractivity contribution in [1.29, 1.82) is 0 Å². The van der Waals surface area contributed by atoms with Gasteiger partial charge in [-0.3, -0.25) is 4.79 Å². The number of carbonyl (C=O) groups excluding carboxylic acids is 1. The monoisotopic (exact) mass is 405 g/mol. The van der Waals surface area contributed by atoms with Gasteiger partial charge in [-0.1, -0.05) is 12.1 Å². The molecular formula is C17H22Cl2FN3OS. The van der Waals surface area contributed by atoms with E-state index in [1.165, 1.54) is 23.5 Å². The summed E-state index contributed by atoms with van der Waals surface area (Å²) in [6.07, 6.45) is 1.60. The predicted molar refractivity (Wildman–Crippen MR) is 104 cm³/mol. The highest BCUT2D eigenvalue weighted by molar-refractivity contribution is 7.13. The maximum absolute atomic E-state index is 13.0. The molecule has 1 saturated heterocycles. The number of aryl methyl sites for hydroxylation is 1. The lowest BCUT2D eigenvalue weighted by Gasteiger charge is -2.19. The Balaban J connectivity index is 0.00000156. The highest BCUT2D eigenvalue weighted by Gasteiger charge is 2.22. The number of halogens is 3. The predicted octanol–water partition coefficient (Wildman–Crippen LogP) is 3.46. The van der Waals surface area contributed by atoms with Crippen LogP contribution in [-0.2, 0) is 6.42 Å². The lowest BCUT2D eigenvalue weighted by molar-refractivity contribution is 0.0770. The van der Waals surface area contributed by atoms with Crippen molar-refractivity contribution in [2.45, 2.75) is 19.8 Å². The number of carbonyl (C=O) groups is 1. The summed E-state index contributed by atoms with van der Waals surface area (Å²) >= 11 is 1.45. The summed E-state index contributed by atoms with van der Waals surface area (Å²) in [6, 6.07) is 6.42. The summed E-state index contributed by atoms with van der Waals surface area (Å²) in [6.45, 7) is 5.21. The molecule has 8 heteroatoms. The minimum absolute atomic E-state index is 0. The molecular weight excluding hydrogens is 384 g/mol. The fourth-order valence-corrected chi connectivity index (χ4v) is 3.76. The topological polar surface area (TPSA) is 45.2 Å². The number of benzene rings is 1. The first kappa shape index (κ1) is 21.8. The number of amides is 1. The minimum atomic E-state index is -0.241. The van der Waals surface area contributed by atoms with Gasteiger partial charge in [0.1, 0.15) is 10.7 Å². The first-order chi connectivity index (χ1) is 11.1. The van der Waals surface area contributed by atoms with E-state index in [1.54, 1.807) is 12.1 Å². The summed E-state index contributed by atoms with van der Waals surface area (Å²) in [5, 5.41) is 4.20.